The van der Waals surface area contributed by atoms with Gasteiger partial charge in [0.1, 0.15) is 0 Å². The molecular weight excluding hydrogens is 234 g/mol. The number of hydrogen-bond donors (Lipinski definition) is 0. The number of benzene rings is 1. The van der Waals surface area contributed by atoms with E-state index in [2.05, 4.69) is 30.9 Å². The normalized spacial score (nSPS) is 17.4. The van der Waals surface area contributed by atoms with Gasteiger partial charge >= 0.3 is 0 Å². The third kappa shape index (κ3) is 4.17. The molecule has 19 heavy (non-hydrogen) atoms. The van der Waals surface area contributed by atoms with Crippen molar-refractivity contribution in [2.24, 2.45) is 0 Å². The maximum atomic E-state index is 12.3. The molecular formula is C17H25NO. The molecule has 0 atom stereocenters. The SMILES string of the molecule is CC(C)c1ccc(C(=O)CN2CCCCCC2)cc1. The van der Waals surface area contributed by atoms with Crippen LogP contribution in [0.1, 0.15) is 61.4 Å². The Balaban J connectivity index is 1.95. The Bertz CT molecular complexity index is 400. The highest BCUT2D eigenvalue weighted by Gasteiger charge is 2.14. The van der Waals surface area contributed by atoms with Crippen LogP contribution in [-0.4, -0.2) is 30.3 Å². The number of carbonyl (C=O) groups excluding carboxylic acids is 1. The van der Waals surface area contributed by atoms with E-state index in [-0.39, 0.29) is 5.78 Å². The predicted octanol–water partition coefficient (Wildman–Crippen LogP) is 3.87. The van der Waals surface area contributed by atoms with Gasteiger partial charge in [-0.3, -0.25) is 9.69 Å². The highest BCUT2D eigenvalue weighted by Crippen LogP contribution is 2.16. The maximum absolute atomic E-state index is 12.3. The van der Waals surface area contributed by atoms with E-state index in [1.165, 1.54) is 31.2 Å². The van der Waals surface area contributed by atoms with Crippen molar-refractivity contribution >= 4 is 5.78 Å². The number of Topliss-reactive ketones (excluding diaryl/α,β-unsaturated/α-hetero) is 1. The fourth-order valence-corrected chi connectivity index (χ4v) is 2.64. The van der Waals surface area contributed by atoms with Gasteiger partial charge in [0.2, 0.25) is 0 Å². The van der Waals surface area contributed by atoms with E-state index in [1.54, 1.807) is 0 Å². The molecule has 1 aromatic carbocycles. The first kappa shape index (κ1) is 14.3. The molecule has 2 nitrogen and oxygen atoms in total. The molecule has 0 aromatic heterocycles. The van der Waals surface area contributed by atoms with Crippen molar-refractivity contribution in [3.05, 3.63) is 35.4 Å². The average molecular weight is 259 g/mol. The molecule has 104 valence electrons. The monoisotopic (exact) mass is 259 g/mol. The third-order valence-electron chi connectivity index (χ3n) is 3.97. The van der Waals surface area contributed by atoms with E-state index < -0.39 is 0 Å². The second-order valence-corrected chi connectivity index (χ2v) is 5.89. The van der Waals surface area contributed by atoms with Gasteiger partial charge in [-0.1, -0.05) is 51.0 Å². The second-order valence-electron chi connectivity index (χ2n) is 5.89. The molecule has 1 aromatic rings. The lowest BCUT2D eigenvalue weighted by Gasteiger charge is -2.18. The summed E-state index contributed by atoms with van der Waals surface area (Å²) in [6.45, 7) is 7.09. The van der Waals surface area contributed by atoms with E-state index >= 15 is 0 Å². The first-order valence-corrected chi connectivity index (χ1v) is 7.52. The zero-order valence-electron chi connectivity index (χ0n) is 12.2. The summed E-state index contributed by atoms with van der Waals surface area (Å²) in [5.41, 5.74) is 2.15. The highest BCUT2D eigenvalue weighted by molar-refractivity contribution is 5.97. The molecule has 0 aliphatic carbocycles. The number of hydrogen-bond acceptors (Lipinski definition) is 2. The standard InChI is InChI=1S/C17H25NO/c1-14(2)15-7-9-16(10-8-15)17(19)13-18-11-5-3-4-6-12-18/h7-10,14H,3-6,11-13H2,1-2H3. The van der Waals surface area contributed by atoms with E-state index in [4.69, 9.17) is 0 Å². The van der Waals surface area contributed by atoms with E-state index in [1.807, 2.05) is 12.1 Å². The first-order chi connectivity index (χ1) is 9.16. The summed E-state index contributed by atoms with van der Waals surface area (Å²) >= 11 is 0. The quantitative estimate of drug-likeness (QED) is 0.765. The van der Waals surface area contributed by atoms with Gasteiger partial charge in [-0.2, -0.15) is 0 Å². The minimum atomic E-state index is 0.261. The molecule has 2 heteroatoms. The van der Waals surface area contributed by atoms with Crippen LogP contribution in [0.15, 0.2) is 24.3 Å². The van der Waals surface area contributed by atoms with Crippen LogP contribution in [0.25, 0.3) is 0 Å². The van der Waals surface area contributed by atoms with Gasteiger partial charge in [-0.25, -0.2) is 0 Å². The summed E-state index contributed by atoms with van der Waals surface area (Å²) < 4.78 is 0. The van der Waals surface area contributed by atoms with Crippen LogP contribution >= 0.6 is 0 Å². The number of ketones is 1. The molecule has 0 bridgehead atoms. The molecule has 1 heterocycles. The van der Waals surface area contributed by atoms with Crippen LogP contribution in [0.2, 0.25) is 0 Å². The summed E-state index contributed by atoms with van der Waals surface area (Å²) in [5.74, 6) is 0.784. The predicted molar refractivity (Wildman–Crippen MR) is 79.8 cm³/mol. The third-order valence-corrected chi connectivity index (χ3v) is 3.97. The van der Waals surface area contributed by atoms with Crippen LogP contribution in [-0.2, 0) is 0 Å². The minimum Gasteiger partial charge on any atom is -0.296 e. The van der Waals surface area contributed by atoms with Crippen molar-refractivity contribution in [3.8, 4) is 0 Å². The van der Waals surface area contributed by atoms with Crippen molar-refractivity contribution < 1.29 is 4.79 Å². The zero-order chi connectivity index (χ0) is 13.7. The smallest absolute Gasteiger partial charge is 0.176 e. The first-order valence-electron chi connectivity index (χ1n) is 7.52. The Morgan fingerprint density at radius 2 is 1.63 bits per heavy atom. The minimum absolute atomic E-state index is 0.261. The van der Waals surface area contributed by atoms with Gasteiger partial charge in [0.15, 0.2) is 5.78 Å². The molecule has 0 unspecified atom stereocenters. The maximum Gasteiger partial charge on any atom is 0.176 e. The number of likely N-dealkylation sites (tertiary alicyclic amines) is 1. The van der Waals surface area contributed by atoms with Gasteiger partial charge in [0.05, 0.1) is 6.54 Å². The van der Waals surface area contributed by atoms with Crippen LogP contribution < -0.4 is 0 Å². The molecule has 0 radical (unpaired) electrons. The van der Waals surface area contributed by atoms with Crippen LogP contribution in [0.4, 0.5) is 0 Å². The molecule has 0 saturated carbocycles. The van der Waals surface area contributed by atoms with Crippen LogP contribution in [0, 0.1) is 0 Å². The van der Waals surface area contributed by atoms with Crippen molar-refractivity contribution in [2.75, 3.05) is 19.6 Å². The Labute approximate surface area is 116 Å². The van der Waals surface area contributed by atoms with Gasteiger partial charge in [-0.15, -0.1) is 0 Å². The zero-order valence-corrected chi connectivity index (χ0v) is 12.2. The van der Waals surface area contributed by atoms with Crippen LogP contribution in [0.5, 0.6) is 0 Å². The van der Waals surface area contributed by atoms with Crippen molar-refractivity contribution in [1.82, 2.24) is 4.90 Å². The van der Waals surface area contributed by atoms with Gasteiger partial charge < -0.3 is 0 Å². The highest BCUT2D eigenvalue weighted by atomic mass is 16.1. The van der Waals surface area contributed by atoms with Crippen molar-refractivity contribution in [2.45, 2.75) is 45.4 Å². The Hall–Kier alpha value is -1.15. The van der Waals surface area contributed by atoms with E-state index in [9.17, 15) is 4.79 Å². The summed E-state index contributed by atoms with van der Waals surface area (Å²) in [6.07, 6.45) is 5.10. The summed E-state index contributed by atoms with van der Waals surface area (Å²) in [4.78, 5) is 14.6. The molecule has 0 N–H and O–H groups in total. The van der Waals surface area contributed by atoms with E-state index in [0.717, 1.165) is 18.7 Å². The Kier molecular flexibility index (Phi) is 5.15. The molecule has 1 aliphatic heterocycles. The largest absolute Gasteiger partial charge is 0.296 e. The summed E-state index contributed by atoms with van der Waals surface area (Å²) in [6, 6.07) is 8.13. The topological polar surface area (TPSA) is 20.3 Å². The van der Waals surface area contributed by atoms with Gasteiger partial charge in [0, 0.05) is 5.56 Å². The van der Waals surface area contributed by atoms with Crippen molar-refractivity contribution in [3.63, 3.8) is 0 Å². The van der Waals surface area contributed by atoms with Gasteiger partial charge in [0.25, 0.3) is 0 Å². The van der Waals surface area contributed by atoms with Crippen LogP contribution in [0.3, 0.4) is 0 Å². The second kappa shape index (κ2) is 6.85. The summed E-state index contributed by atoms with van der Waals surface area (Å²) in [5, 5.41) is 0. The lowest BCUT2D eigenvalue weighted by molar-refractivity contribution is 0.0933. The molecule has 1 fully saturated rings. The van der Waals surface area contributed by atoms with Crippen molar-refractivity contribution in [1.29, 1.82) is 0 Å². The lowest BCUT2D eigenvalue weighted by Crippen LogP contribution is -2.30. The Morgan fingerprint density at radius 3 is 2.16 bits per heavy atom. The Morgan fingerprint density at radius 1 is 1.05 bits per heavy atom. The van der Waals surface area contributed by atoms with Gasteiger partial charge in [-0.05, 0) is 37.4 Å². The molecule has 2 rings (SSSR count). The number of rotatable bonds is 4. The fourth-order valence-electron chi connectivity index (χ4n) is 2.64. The summed E-state index contributed by atoms with van der Waals surface area (Å²) in [7, 11) is 0. The molecule has 0 spiro atoms. The number of carbonyl (C=O) groups is 1. The fraction of sp³-hybridized carbons (Fsp3) is 0.588. The number of nitrogens with zero attached hydrogens (tertiary/aromatic N) is 1. The average Bonchev–Trinajstić information content (AvgIpc) is 2.67. The molecule has 1 aliphatic rings. The van der Waals surface area contributed by atoms with E-state index in [0.29, 0.717) is 12.5 Å². The lowest BCUT2D eigenvalue weighted by atomic mass is 10.0. The molecule has 1 saturated heterocycles. The molecule has 0 amide bonds.